The van der Waals surface area contributed by atoms with Crippen molar-refractivity contribution in [1.82, 2.24) is 0 Å². The van der Waals surface area contributed by atoms with Crippen molar-refractivity contribution in [2.75, 3.05) is 0 Å². The van der Waals surface area contributed by atoms with Gasteiger partial charge < -0.3 is 0 Å². The lowest BCUT2D eigenvalue weighted by Gasteiger charge is -1.97. The third-order valence-corrected chi connectivity index (χ3v) is 2.10. The van der Waals surface area contributed by atoms with E-state index in [0.717, 1.165) is 6.42 Å². The molecule has 0 heterocycles. The van der Waals surface area contributed by atoms with Crippen LogP contribution >= 0.6 is 0 Å². The lowest BCUT2D eigenvalue weighted by Crippen LogP contribution is -1.78. The zero-order chi connectivity index (χ0) is 9.78. The number of allylic oxidation sites excluding steroid dienone is 2. The Bertz CT molecular complexity index is 103. The molecule has 0 aromatic heterocycles. The fourth-order valence-electron chi connectivity index (χ4n) is 1.25. The largest absolute Gasteiger partial charge is 0.0882 e. The minimum absolute atomic E-state index is 1.10. The molecular weight excluding hydrogens is 156 g/mol. The Morgan fingerprint density at radius 1 is 1.00 bits per heavy atom. The van der Waals surface area contributed by atoms with Gasteiger partial charge >= 0.3 is 0 Å². The van der Waals surface area contributed by atoms with Gasteiger partial charge in [0.1, 0.15) is 0 Å². The van der Waals surface area contributed by atoms with Gasteiger partial charge in [0.15, 0.2) is 0 Å². The molecule has 0 fully saturated rings. The molecule has 0 aliphatic carbocycles. The second-order valence-electron chi connectivity index (χ2n) is 3.51. The van der Waals surface area contributed by atoms with Gasteiger partial charge in [-0.25, -0.2) is 0 Å². The normalized spacial score (nSPS) is 11.2. The van der Waals surface area contributed by atoms with Gasteiger partial charge in [-0.3, -0.25) is 0 Å². The Hall–Kier alpha value is -0.260. The van der Waals surface area contributed by atoms with Gasteiger partial charge in [-0.15, -0.1) is 0 Å². The average Bonchev–Trinajstić information content (AvgIpc) is 2.16. The minimum Gasteiger partial charge on any atom is -0.0882 e. The Labute approximate surface area is 84.4 Å². The van der Waals surface area contributed by atoms with E-state index in [4.69, 9.17) is 0 Å². The summed E-state index contributed by atoms with van der Waals surface area (Å²) in [5.41, 5.74) is 0. The van der Waals surface area contributed by atoms with Crippen LogP contribution in [0.3, 0.4) is 0 Å². The van der Waals surface area contributed by atoms with E-state index in [1.54, 1.807) is 0 Å². The van der Waals surface area contributed by atoms with Gasteiger partial charge in [-0.1, -0.05) is 64.5 Å². The number of hydrogen-bond donors (Lipinski definition) is 0. The number of unbranched alkanes of at least 4 members (excludes halogenated alkanes) is 7. The van der Waals surface area contributed by atoms with Gasteiger partial charge in [0.2, 0.25) is 0 Å². The number of rotatable bonds is 9. The van der Waals surface area contributed by atoms with Crippen molar-refractivity contribution in [3.05, 3.63) is 25.5 Å². The van der Waals surface area contributed by atoms with Crippen LogP contribution in [0.4, 0.5) is 0 Å². The maximum Gasteiger partial charge on any atom is -0.0171 e. The van der Waals surface area contributed by atoms with Crippen LogP contribution < -0.4 is 0 Å². The summed E-state index contributed by atoms with van der Waals surface area (Å²) in [5, 5.41) is 0. The summed E-state index contributed by atoms with van der Waals surface area (Å²) >= 11 is 0. The van der Waals surface area contributed by atoms with Crippen LogP contribution in [0.5, 0.6) is 0 Å². The highest BCUT2D eigenvalue weighted by Crippen LogP contribution is 2.06. The van der Waals surface area contributed by atoms with Crippen LogP contribution in [-0.4, -0.2) is 0 Å². The topological polar surface area (TPSA) is 0 Å². The molecular formula is C13H24. The van der Waals surface area contributed by atoms with E-state index >= 15 is 0 Å². The summed E-state index contributed by atoms with van der Waals surface area (Å²) in [6, 6.07) is 0. The highest BCUT2D eigenvalue weighted by Gasteiger charge is 1.87. The van der Waals surface area contributed by atoms with Crippen LogP contribution in [0.15, 0.2) is 12.2 Å². The first-order valence-corrected chi connectivity index (χ1v) is 5.69. The molecule has 0 amide bonds. The van der Waals surface area contributed by atoms with Crippen LogP contribution in [-0.2, 0) is 0 Å². The minimum atomic E-state index is 1.10. The van der Waals surface area contributed by atoms with Crippen LogP contribution in [0.25, 0.3) is 0 Å². The first-order chi connectivity index (χ1) is 6.41. The Morgan fingerprint density at radius 2 is 1.77 bits per heavy atom. The molecule has 0 saturated carbocycles. The molecule has 0 saturated heterocycles. The molecule has 0 aliphatic heterocycles. The maximum absolute atomic E-state index is 3.83. The molecule has 0 nitrogen and oxygen atoms in total. The molecule has 0 heteroatoms. The molecule has 2 radical (unpaired) electrons. The highest BCUT2D eigenvalue weighted by atomic mass is 13.9. The van der Waals surface area contributed by atoms with Crippen molar-refractivity contribution in [3.8, 4) is 0 Å². The van der Waals surface area contributed by atoms with Gasteiger partial charge in [0, 0.05) is 0 Å². The Kier molecular flexibility index (Phi) is 11.5. The predicted octanol–water partition coefficient (Wildman–Crippen LogP) is 4.72. The quantitative estimate of drug-likeness (QED) is 0.450. The summed E-state index contributed by atoms with van der Waals surface area (Å²) in [4.78, 5) is 0. The van der Waals surface area contributed by atoms with E-state index in [-0.39, 0.29) is 0 Å². The Balaban J connectivity index is 2.91. The first-order valence-electron chi connectivity index (χ1n) is 5.69. The van der Waals surface area contributed by atoms with Crippen LogP contribution in [0.2, 0.25) is 0 Å². The van der Waals surface area contributed by atoms with E-state index < -0.39 is 0 Å². The van der Waals surface area contributed by atoms with E-state index in [0.29, 0.717) is 0 Å². The van der Waals surface area contributed by atoms with Crippen molar-refractivity contribution < 1.29 is 0 Å². The molecule has 76 valence electrons. The molecule has 0 N–H and O–H groups in total. The zero-order valence-corrected chi connectivity index (χ0v) is 9.10. The van der Waals surface area contributed by atoms with Crippen molar-refractivity contribution in [1.29, 1.82) is 0 Å². The van der Waals surface area contributed by atoms with Crippen molar-refractivity contribution >= 4 is 0 Å². The predicted molar refractivity (Wildman–Crippen MR) is 61.4 cm³/mol. The van der Waals surface area contributed by atoms with Crippen LogP contribution in [0, 0.1) is 13.3 Å². The SMILES string of the molecule is [CH2]CCCCCC[CH]C=CCCC. The average molecular weight is 180 g/mol. The lowest BCUT2D eigenvalue weighted by molar-refractivity contribution is 0.645. The maximum atomic E-state index is 3.83. The molecule has 0 atom stereocenters. The van der Waals surface area contributed by atoms with E-state index in [1.165, 1.54) is 44.9 Å². The summed E-state index contributed by atoms with van der Waals surface area (Å²) in [6.07, 6.45) is 17.0. The molecule has 0 spiro atoms. The zero-order valence-electron chi connectivity index (χ0n) is 9.10. The molecule has 0 unspecified atom stereocenters. The smallest absolute Gasteiger partial charge is 0.0171 e. The van der Waals surface area contributed by atoms with Crippen molar-refractivity contribution in [2.45, 2.75) is 58.3 Å². The third-order valence-electron chi connectivity index (χ3n) is 2.10. The van der Waals surface area contributed by atoms with Gasteiger partial charge in [0.05, 0.1) is 0 Å². The van der Waals surface area contributed by atoms with Crippen molar-refractivity contribution in [2.24, 2.45) is 0 Å². The summed E-state index contributed by atoms with van der Waals surface area (Å²) < 4.78 is 0. The molecule has 0 bridgehead atoms. The first kappa shape index (κ1) is 12.7. The number of hydrogen-bond acceptors (Lipinski definition) is 0. The van der Waals surface area contributed by atoms with Crippen molar-refractivity contribution in [3.63, 3.8) is 0 Å². The fourth-order valence-corrected chi connectivity index (χ4v) is 1.25. The summed E-state index contributed by atoms with van der Waals surface area (Å²) in [6.45, 7) is 6.05. The van der Waals surface area contributed by atoms with E-state index in [9.17, 15) is 0 Å². The molecule has 0 aromatic carbocycles. The second-order valence-corrected chi connectivity index (χ2v) is 3.51. The summed E-state index contributed by atoms with van der Waals surface area (Å²) in [5.74, 6) is 0. The highest BCUT2D eigenvalue weighted by molar-refractivity contribution is 4.93. The lowest BCUT2D eigenvalue weighted by atomic mass is 10.1. The molecule has 13 heavy (non-hydrogen) atoms. The van der Waals surface area contributed by atoms with E-state index in [2.05, 4.69) is 32.4 Å². The monoisotopic (exact) mass is 180 g/mol. The molecule has 0 aromatic rings. The van der Waals surface area contributed by atoms with Gasteiger partial charge in [-0.2, -0.15) is 0 Å². The molecule has 0 aliphatic rings. The summed E-state index contributed by atoms with van der Waals surface area (Å²) in [7, 11) is 0. The Morgan fingerprint density at radius 3 is 2.46 bits per heavy atom. The standard InChI is InChI=1S/C13H24/c1-3-5-7-9-11-13-12-10-8-6-4-2/h8,10,12H,1,3-7,9,11,13H2,2H3. The van der Waals surface area contributed by atoms with E-state index in [1.807, 2.05) is 0 Å². The second kappa shape index (κ2) is 11.7. The van der Waals surface area contributed by atoms with Gasteiger partial charge in [-0.05, 0) is 19.3 Å². The van der Waals surface area contributed by atoms with Gasteiger partial charge in [0.25, 0.3) is 0 Å². The fraction of sp³-hybridized carbons (Fsp3) is 0.692. The van der Waals surface area contributed by atoms with Crippen LogP contribution in [0.1, 0.15) is 58.3 Å². The third kappa shape index (κ3) is 11.7. The molecule has 0 rings (SSSR count).